The van der Waals surface area contributed by atoms with Gasteiger partial charge in [0.1, 0.15) is 0 Å². The number of halogens is 7. The fraction of sp³-hybridized carbons (Fsp3) is 1.00. The lowest BCUT2D eigenvalue weighted by atomic mass is 9.98. The van der Waals surface area contributed by atoms with Crippen LogP contribution in [0.25, 0.3) is 0 Å². The molecule has 0 atom stereocenters. The van der Waals surface area contributed by atoms with Crippen LogP contribution in [0, 0.1) is 5.41 Å². The molecule has 4 nitrogen and oxygen atoms in total. The van der Waals surface area contributed by atoms with Gasteiger partial charge in [-0.1, -0.05) is 93.5 Å². The van der Waals surface area contributed by atoms with E-state index in [9.17, 15) is 4.57 Å². The molecule has 0 unspecified atom stereocenters. The third kappa shape index (κ3) is 11.2. The SMILES string of the molecule is CC(C)(CBr)C(Br)(Br)OP(=O)(OCCC(Br)Br)OCCC(Br)Br. The summed E-state index contributed by atoms with van der Waals surface area (Å²) in [4.78, 5) is 0. The zero-order valence-electron chi connectivity index (χ0n) is 12.4. The molecule has 0 N–H and O–H groups in total. The first-order valence-corrected chi connectivity index (χ1v) is 14.3. The molecule has 0 aromatic carbocycles. The lowest BCUT2D eigenvalue weighted by Gasteiger charge is -2.37. The van der Waals surface area contributed by atoms with E-state index in [1.807, 2.05) is 13.8 Å². The summed E-state index contributed by atoms with van der Waals surface area (Å²) in [7, 11) is -3.76. The molecular formula is C11H18Br7O4P. The van der Waals surface area contributed by atoms with Gasteiger partial charge in [0.05, 0.1) is 20.7 Å². The Labute approximate surface area is 196 Å². The van der Waals surface area contributed by atoms with E-state index in [1.54, 1.807) is 0 Å². The highest BCUT2D eigenvalue weighted by atomic mass is 79.9. The Morgan fingerprint density at radius 3 is 1.65 bits per heavy atom. The highest BCUT2D eigenvalue weighted by Crippen LogP contribution is 2.60. The molecule has 0 aliphatic carbocycles. The Hall–Kier alpha value is 3.47. The topological polar surface area (TPSA) is 44.8 Å². The van der Waals surface area contributed by atoms with Crippen molar-refractivity contribution < 1.29 is 18.1 Å². The van der Waals surface area contributed by atoms with Gasteiger partial charge in [-0.2, -0.15) is 0 Å². The predicted molar refractivity (Wildman–Crippen MR) is 121 cm³/mol. The normalized spacial score (nSPS) is 14.0. The van der Waals surface area contributed by atoms with E-state index in [-0.39, 0.29) is 20.7 Å². The van der Waals surface area contributed by atoms with E-state index in [2.05, 4.69) is 112 Å². The van der Waals surface area contributed by atoms with Gasteiger partial charge in [-0.3, -0.25) is 13.6 Å². The van der Waals surface area contributed by atoms with E-state index >= 15 is 0 Å². The maximum absolute atomic E-state index is 13.0. The van der Waals surface area contributed by atoms with Crippen LogP contribution < -0.4 is 0 Å². The number of rotatable bonds is 12. The van der Waals surface area contributed by atoms with E-state index in [0.717, 1.165) is 0 Å². The van der Waals surface area contributed by atoms with Crippen LogP contribution in [0.2, 0.25) is 0 Å². The summed E-state index contributed by atoms with van der Waals surface area (Å²) in [6.07, 6.45) is 1.21. The second kappa shape index (κ2) is 12.1. The van der Waals surface area contributed by atoms with Crippen LogP contribution in [0.1, 0.15) is 26.7 Å². The van der Waals surface area contributed by atoms with Crippen molar-refractivity contribution in [2.45, 2.75) is 37.6 Å². The number of phosphoric ester groups is 1. The van der Waals surface area contributed by atoms with Crippen LogP contribution in [0.4, 0.5) is 0 Å². The fourth-order valence-electron chi connectivity index (χ4n) is 0.939. The summed E-state index contributed by atoms with van der Waals surface area (Å²) in [5, 5.41) is 0.603. The van der Waals surface area contributed by atoms with Gasteiger partial charge in [0.2, 0.25) is 0 Å². The summed E-state index contributed by atoms with van der Waals surface area (Å²) in [6.45, 7) is 4.32. The minimum Gasteiger partial charge on any atom is -0.287 e. The Balaban J connectivity index is 4.99. The maximum Gasteiger partial charge on any atom is 0.476 e. The lowest BCUT2D eigenvalue weighted by molar-refractivity contribution is 0.0627. The molecule has 0 heterocycles. The molecule has 140 valence electrons. The van der Waals surface area contributed by atoms with Crippen molar-refractivity contribution in [3.05, 3.63) is 0 Å². The third-order valence-corrected chi connectivity index (χ3v) is 10.2. The molecule has 0 radical (unpaired) electrons. The average Bonchev–Trinajstić information content (AvgIpc) is 2.36. The van der Waals surface area contributed by atoms with Crippen LogP contribution in [0.5, 0.6) is 0 Å². The van der Waals surface area contributed by atoms with Crippen molar-refractivity contribution in [1.29, 1.82) is 0 Å². The van der Waals surface area contributed by atoms with Gasteiger partial charge in [-0.25, -0.2) is 4.57 Å². The molecule has 12 heteroatoms. The van der Waals surface area contributed by atoms with Gasteiger partial charge in [0, 0.05) is 10.7 Å². The van der Waals surface area contributed by atoms with Crippen molar-refractivity contribution in [1.82, 2.24) is 0 Å². The Bertz CT molecular complexity index is 375. The molecule has 0 saturated carbocycles. The summed E-state index contributed by atoms with van der Waals surface area (Å²) in [6, 6.07) is 0. The zero-order valence-corrected chi connectivity index (χ0v) is 24.4. The highest BCUT2D eigenvalue weighted by molar-refractivity contribution is 9.25. The van der Waals surface area contributed by atoms with Crippen LogP contribution in [-0.2, 0) is 18.1 Å². The van der Waals surface area contributed by atoms with Crippen molar-refractivity contribution >= 4 is 119 Å². The van der Waals surface area contributed by atoms with Crippen LogP contribution >= 0.6 is 119 Å². The summed E-state index contributed by atoms with van der Waals surface area (Å²) >= 11 is 23.7. The smallest absolute Gasteiger partial charge is 0.287 e. The first-order chi connectivity index (χ1) is 10.4. The second-order valence-corrected chi connectivity index (χ2v) is 17.4. The van der Waals surface area contributed by atoms with Gasteiger partial charge in [-0.05, 0) is 44.7 Å². The summed E-state index contributed by atoms with van der Waals surface area (Å²) in [5.74, 6) is 0. The summed E-state index contributed by atoms with van der Waals surface area (Å²) < 4.78 is 28.6. The van der Waals surface area contributed by atoms with E-state index in [4.69, 9.17) is 13.6 Å². The molecule has 0 amide bonds. The Morgan fingerprint density at radius 2 is 1.35 bits per heavy atom. The monoisotopic (exact) mass is 798 g/mol. The maximum atomic E-state index is 13.0. The van der Waals surface area contributed by atoms with E-state index in [1.165, 1.54) is 0 Å². The number of hydrogen-bond acceptors (Lipinski definition) is 4. The minimum absolute atomic E-state index is 0.0644. The summed E-state index contributed by atoms with van der Waals surface area (Å²) in [5.41, 5.74) is -0.420. The van der Waals surface area contributed by atoms with Crippen LogP contribution in [0.15, 0.2) is 0 Å². The predicted octanol–water partition coefficient (Wildman–Crippen LogP) is 8.02. The Morgan fingerprint density at radius 1 is 0.957 bits per heavy atom. The van der Waals surface area contributed by atoms with E-state index in [0.29, 0.717) is 18.2 Å². The largest absolute Gasteiger partial charge is 0.476 e. The van der Waals surface area contributed by atoms with Crippen LogP contribution in [0.3, 0.4) is 0 Å². The minimum atomic E-state index is -3.76. The molecule has 0 spiro atoms. The van der Waals surface area contributed by atoms with Gasteiger partial charge in [0.25, 0.3) is 0 Å². The highest BCUT2D eigenvalue weighted by Gasteiger charge is 2.48. The molecule has 0 bridgehead atoms. The zero-order chi connectivity index (χ0) is 18.3. The molecule has 0 rings (SSSR count). The molecule has 0 fully saturated rings. The second-order valence-electron chi connectivity index (χ2n) is 5.10. The van der Waals surface area contributed by atoms with Gasteiger partial charge in [-0.15, -0.1) is 0 Å². The number of hydrogen-bond donors (Lipinski definition) is 0. The van der Waals surface area contributed by atoms with Crippen LogP contribution in [-0.4, -0.2) is 29.4 Å². The first kappa shape index (κ1) is 26.5. The Kier molecular flexibility index (Phi) is 14.0. The fourth-order valence-corrected chi connectivity index (χ4v) is 5.54. The van der Waals surface area contributed by atoms with Crippen molar-refractivity contribution in [3.63, 3.8) is 0 Å². The number of phosphoric acid groups is 1. The van der Waals surface area contributed by atoms with Crippen molar-refractivity contribution in [3.8, 4) is 0 Å². The molecule has 0 aliphatic rings. The van der Waals surface area contributed by atoms with Crippen molar-refractivity contribution in [2.75, 3.05) is 18.5 Å². The molecule has 0 aromatic rings. The molecule has 0 aliphatic heterocycles. The lowest BCUT2D eigenvalue weighted by Crippen LogP contribution is -2.37. The average molecular weight is 805 g/mol. The molecular weight excluding hydrogens is 786 g/mol. The third-order valence-electron chi connectivity index (χ3n) is 2.52. The molecule has 0 aromatic heterocycles. The first-order valence-electron chi connectivity index (χ1n) is 6.45. The van der Waals surface area contributed by atoms with Gasteiger partial charge < -0.3 is 0 Å². The van der Waals surface area contributed by atoms with E-state index < -0.39 is 16.7 Å². The van der Waals surface area contributed by atoms with Gasteiger partial charge >= 0.3 is 7.82 Å². The van der Waals surface area contributed by atoms with Crippen molar-refractivity contribution in [2.24, 2.45) is 5.41 Å². The van der Waals surface area contributed by atoms with Gasteiger partial charge in [0.15, 0.2) is 3.42 Å². The standard InChI is InChI=1S/C11H18Br7O4P/c1-10(2,7-12)11(17,18)22-23(19,20-5-3-8(13)14)21-6-4-9(15)16/h8-9H,3-7H2,1-2H3. The number of alkyl halides is 7. The quantitative estimate of drug-likeness (QED) is 0.148. The molecule has 0 saturated heterocycles. The molecule has 23 heavy (non-hydrogen) atoms.